The Hall–Kier alpha value is -3.63. The van der Waals surface area contributed by atoms with Crippen LogP contribution in [-0.4, -0.2) is 27.6 Å². The van der Waals surface area contributed by atoms with Gasteiger partial charge in [0.1, 0.15) is 23.9 Å². The second-order valence-electron chi connectivity index (χ2n) is 7.34. The van der Waals surface area contributed by atoms with Gasteiger partial charge in [-0.2, -0.15) is 18.2 Å². The molecule has 32 heavy (non-hydrogen) atoms. The van der Waals surface area contributed by atoms with E-state index in [2.05, 4.69) is 9.97 Å². The molecular weight excluding hydrogens is 432 g/mol. The number of aromatic nitrogens is 3. The fraction of sp³-hybridized carbons (Fsp3) is 0.286. The molecular formula is C21H18F4N4O3. The zero-order valence-corrected chi connectivity index (χ0v) is 17.1. The van der Waals surface area contributed by atoms with E-state index in [4.69, 9.17) is 9.47 Å². The van der Waals surface area contributed by atoms with E-state index in [-0.39, 0.29) is 30.0 Å². The molecule has 0 fully saturated rings. The second-order valence-corrected chi connectivity index (χ2v) is 7.34. The van der Waals surface area contributed by atoms with Crippen LogP contribution in [0.4, 0.5) is 23.4 Å². The Kier molecular flexibility index (Phi) is 5.49. The number of alkyl halides is 3. The number of ether oxygens (including phenoxy) is 2. The average molecular weight is 450 g/mol. The quantitative estimate of drug-likeness (QED) is 0.548. The van der Waals surface area contributed by atoms with Gasteiger partial charge in [-0.1, -0.05) is 6.07 Å². The molecule has 0 radical (unpaired) electrons. The number of halogens is 4. The third-order valence-electron chi connectivity index (χ3n) is 5.07. The van der Waals surface area contributed by atoms with Gasteiger partial charge in [0.25, 0.3) is 0 Å². The van der Waals surface area contributed by atoms with Crippen LogP contribution in [0.15, 0.2) is 47.4 Å². The van der Waals surface area contributed by atoms with Crippen LogP contribution in [0.5, 0.6) is 17.4 Å². The van der Waals surface area contributed by atoms with Crippen molar-refractivity contribution in [2.45, 2.75) is 32.3 Å². The molecule has 0 N–H and O–H groups in total. The summed E-state index contributed by atoms with van der Waals surface area (Å²) in [5, 5.41) is 0. The molecule has 0 bridgehead atoms. The monoisotopic (exact) mass is 450 g/mol. The van der Waals surface area contributed by atoms with Crippen molar-refractivity contribution in [1.29, 1.82) is 0 Å². The lowest BCUT2D eigenvalue weighted by Crippen LogP contribution is -2.23. The summed E-state index contributed by atoms with van der Waals surface area (Å²) in [6.07, 6.45) is -3.70. The maximum Gasteiger partial charge on any atom is 0.433 e. The van der Waals surface area contributed by atoms with Crippen molar-refractivity contribution in [1.82, 2.24) is 14.5 Å². The highest BCUT2D eigenvalue weighted by molar-refractivity contribution is 5.45. The first-order valence-electron chi connectivity index (χ1n) is 9.59. The van der Waals surface area contributed by atoms with Crippen LogP contribution in [0, 0.1) is 5.82 Å². The van der Waals surface area contributed by atoms with E-state index >= 15 is 0 Å². The lowest BCUT2D eigenvalue weighted by Gasteiger charge is -2.16. The number of hydrogen-bond acceptors (Lipinski definition) is 6. The van der Waals surface area contributed by atoms with Crippen molar-refractivity contribution < 1.29 is 27.0 Å². The van der Waals surface area contributed by atoms with Gasteiger partial charge >= 0.3 is 11.9 Å². The molecule has 1 aliphatic rings. The molecule has 0 saturated heterocycles. The third kappa shape index (κ3) is 4.36. The molecule has 11 heteroatoms. The van der Waals surface area contributed by atoms with Crippen molar-refractivity contribution in [2.75, 3.05) is 11.9 Å². The summed E-state index contributed by atoms with van der Waals surface area (Å²) in [6.45, 7) is 2.48. The molecule has 168 valence electrons. The molecule has 1 aromatic carbocycles. The number of anilines is 1. The minimum absolute atomic E-state index is 0.0398. The van der Waals surface area contributed by atoms with Gasteiger partial charge in [-0.25, -0.2) is 14.2 Å². The third-order valence-corrected chi connectivity index (χ3v) is 5.07. The topological polar surface area (TPSA) is 69.5 Å². The number of fused-ring (bicyclic) bond motifs is 1. The second kappa shape index (κ2) is 8.13. The highest BCUT2D eigenvalue weighted by Crippen LogP contribution is 2.30. The number of likely N-dealkylation sites (N-methyl/N-ethyl adjacent to an activating group) is 1. The van der Waals surface area contributed by atoms with Gasteiger partial charge in [-0.3, -0.25) is 4.57 Å². The molecule has 7 nitrogen and oxygen atoms in total. The highest BCUT2D eigenvalue weighted by Gasteiger charge is 2.32. The van der Waals surface area contributed by atoms with E-state index in [1.165, 1.54) is 18.2 Å². The molecule has 4 rings (SSSR count). The highest BCUT2D eigenvalue weighted by atomic mass is 19.4. The largest absolute Gasteiger partial charge is 0.473 e. The fourth-order valence-electron chi connectivity index (χ4n) is 3.23. The Morgan fingerprint density at radius 3 is 2.62 bits per heavy atom. The summed E-state index contributed by atoms with van der Waals surface area (Å²) in [5.41, 5.74) is -1.04. The SMILES string of the molecule is C[C@H]1Cn2c(cc(OCc3ccc(Oc4ccc(C(F)(F)F)nc4)c(F)c3)nc2=O)N1C. The van der Waals surface area contributed by atoms with Gasteiger partial charge in [-0.15, -0.1) is 0 Å². The summed E-state index contributed by atoms with van der Waals surface area (Å²) < 4.78 is 64.5. The predicted molar refractivity (Wildman–Crippen MR) is 106 cm³/mol. The smallest absolute Gasteiger partial charge is 0.433 e. The zero-order chi connectivity index (χ0) is 23.0. The van der Waals surface area contributed by atoms with Gasteiger partial charge in [0.05, 0.1) is 6.20 Å². The molecule has 3 aromatic rings. The van der Waals surface area contributed by atoms with Gasteiger partial charge in [0.2, 0.25) is 5.88 Å². The summed E-state index contributed by atoms with van der Waals surface area (Å²) in [4.78, 5) is 21.3. The minimum Gasteiger partial charge on any atom is -0.473 e. The molecule has 1 atom stereocenters. The Balaban J connectivity index is 1.43. The van der Waals surface area contributed by atoms with E-state index in [0.29, 0.717) is 17.9 Å². The summed E-state index contributed by atoms with van der Waals surface area (Å²) >= 11 is 0. The van der Waals surface area contributed by atoms with E-state index in [1.54, 1.807) is 10.6 Å². The van der Waals surface area contributed by atoms with Crippen LogP contribution in [0.1, 0.15) is 18.2 Å². The summed E-state index contributed by atoms with van der Waals surface area (Å²) in [5.74, 6) is -0.144. The van der Waals surface area contributed by atoms with Gasteiger partial charge in [0, 0.05) is 25.7 Å². The van der Waals surface area contributed by atoms with Crippen LogP contribution in [0.2, 0.25) is 0 Å². The first-order chi connectivity index (χ1) is 15.1. The van der Waals surface area contributed by atoms with E-state index in [0.717, 1.165) is 18.3 Å². The first kappa shape index (κ1) is 21.6. The number of nitrogens with zero attached hydrogens (tertiary/aromatic N) is 4. The lowest BCUT2D eigenvalue weighted by atomic mass is 10.2. The summed E-state index contributed by atoms with van der Waals surface area (Å²) in [6, 6.07) is 7.64. The zero-order valence-electron chi connectivity index (χ0n) is 17.1. The van der Waals surface area contributed by atoms with Crippen LogP contribution < -0.4 is 20.1 Å². The number of pyridine rings is 1. The lowest BCUT2D eigenvalue weighted by molar-refractivity contribution is -0.141. The van der Waals surface area contributed by atoms with Gasteiger partial charge in [-0.05, 0) is 36.8 Å². The van der Waals surface area contributed by atoms with E-state index < -0.39 is 23.4 Å². The molecule has 0 unspecified atom stereocenters. The van der Waals surface area contributed by atoms with Crippen molar-refractivity contribution in [3.05, 3.63) is 70.2 Å². The van der Waals surface area contributed by atoms with Crippen LogP contribution in [0.25, 0.3) is 0 Å². The Morgan fingerprint density at radius 1 is 1.19 bits per heavy atom. The molecule has 0 spiro atoms. The van der Waals surface area contributed by atoms with Gasteiger partial charge < -0.3 is 14.4 Å². The van der Waals surface area contributed by atoms with Gasteiger partial charge in [0.15, 0.2) is 11.6 Å². The molecule has 1 aliphatic heterocycles. The molecule has 0 saturated carbocycles. The number of rotatable bonds is 5. The average Bonchev–Trinajstić information content (AvgIpc) is 3.03. The van der Waals surface area contributed by atoms with Crippen molar-refractivity contribution in [3.8, 4) is 17.4 Å². The van der Waals surface area contributed by atoms with Crippen molar-refractivity contribution >= 4 is 5.82 Å². The summed E-state index contributed by atoms with van der Waals surface area (Å²) in [7, 11) is 1.87. The normalized spacial score (nSPS) is 15.6. The molecule has 0 aliphatic carbocycles. The van der Waals surface area contributed by atoms with Crippen LogP contribution in [-0.2, 0) is 19.3 Å². The maximum absolute atomic E-state index is 14.4. The molecule has 3 heterocycles. The van der Waals surface area contributed by atoms with E-state index in [1.807, 2.05) is 18.9 Å². The van der Waals surface area contributed by atoms with Crippen molar-refractivity contribution in [2.24, 2.45) is 0 Å². The Bertz CT molecular complexity index is 1200. The number of hydrogen-bond donors (Lipinski definition) is 0. The Morgan fingerprint density at radius 2 is 1.97 bits per heavy atom. The number of benzene rings is 1. The standard InChI is InChI=1S/C21H18F4N4O3/c1-12-10-29-19(28(12)2)8-18(27-20(29)30)31-11-13-3-5-16(15(22)7-13)32-14-4-6-17(26-9-14)21(23,24)25/h3-9,12H,10-11H2,1-2H3/t12-/m0/s1. The fourth-order valence-corrected chi connectivity index (χ4v) is 3.23. The van der Waals surface area contributed by atoms with Crippen LogP contribution in [0.3, 0.4) is 0 Å². The first-order valence-corrected chi connectivity index (χ1v) is 9.59. The van der Waals surface area contributed by atoms with E-state index in [9.17, 15) is 22.4 Å². The van der Waals surface area contributed by atoms with Crippen molar-refractivity contribution in [3.63, 3.8) is 0 Å². The molecule has 0 amide bonds. The minimum atomic E-state index is -4.57. The Labute approximate surface area is 179 Å². The predicted octanol–water partition coefficient (Wildman–Crippen LogP) is 4.01. The molecule has 2 aromatic heterocycles. The van der Waals surface area contributed by atoms with Crippen LogP contribution >= 0.6 is 0 Å². The maximum atomic E-state index is 14.4.